The molecule has 1 fully saturated rings. The van der Waals surface area contributed by atoms with Crippen LogP contribution in [0, 0.1) is 5.92 Å². The fourth-order valence-corrected chi connectivity index (χ4v) is 2.54. The average molecular weight is 258 g/mol. The zero-order valence-electron chi connectivity index (χ0n) is 10.8. The van der Waals surface area contributed by atoms with Crippen molar-refractivity contribution >= 4 is 16.8 Å². The minimum Gasteiger partial charge on any atom is -0.381 e. The molecule has 1 aliphatic heterocycles. The Morgan fingerprint density at radius 1 is 1.42 bits per heavy atom. The maximum absolute atomic E-state index is 11.8. The third kappa shape index (κ3) is 2.63. The molecule has 100 valence electrons. The van der Waals surface area contributed by atoms with E-state index in [1.165, 1.54) is 10.9 Å². The van der Waals surface area contributed by atoms with Gasteiger partial charge in [0.2, 0.25) is 5.91 Å². The fourth-order valence-electron chi connectivity index (χ4n) is 2.54. The van der Waals surface area contributed by atoms with Crippen molar-refractivity contribution < 1.29 is 9.53 Å². The van der Waals surface area contributed by atoms with Gasteiger partial charge in [0.25, 0.3) is 0 Å². The van der Waals surface area contributed by atoms with Gasteiger partial charge in [0.05, 0.1) is 12.5 Å². The number of hydrogen-bond donors (Lipinski definition) is 2. The van der Waals surface area contributed by atoms with Crippen LogP contribution in [0.5, 0.6) is 0 Å². The zero-order chi connectivity index (χ0) is 13.1. The Balaban J connectivity index is 1.56. The summed E-state index contributed by atoms with van der Waals surface area (Å²) in [6.45, 7) is 1.95. The summed E-state index contributed by atoms with van der Waals surface area (Å²) in [4.78, 5) is 15.1. The summed E-state index contributed by atoms with van der Waals surface area (Å²) >= 11 is 0. The first-order valence-electron chi connectivity index (χ1n) is 6.75. The predicted octanol–water partition coefficient (Wildman–Crippen LogP) is 1.86. The van der Waals surface area contributed by atoms with Gasteiger partial charge >= 0.3 is 0 Å². The van der Waals surface area contributed by atoms with Crippen molar-refractivity contribution in [1.29, 1.82) is 0 Å². The van der Waals surface area contributed by atoms with Gasteiger partial charge in [0.15, 0.2) is 0 Å². The SMILES string of the molecule is O=C(NCCc1c[nH]c2ccccc12)C1CCOC1. The van der Waals surface area contributed by atoms with Crippen LogP contribution in [0.25, 0.3) is 10.9 Å². The maximum atomic E-state index is 11.8. The minimum absolute atomic E-state index is 0.0444. The van der Waals surface area contributed by atoms with Gasteiger partial charge in [0.1, 0.15) is 0 Å². The van der Waals surface area contributed by atoms with Crippen molar-refractivity contribution in [1.82, 2.24) is 10.3 Å². The predicted molar refractivity (Wildman–Crippen MR) is 73.9 cm³/mol. The Kier molecular flexibility index (Phi) is 3.51. The van der Waals surface area contributed by atoms with E-state index < -0.39 is 0 Å². The Morgan fingerprint density at radius 2 is 2.32 bits per heavy atom. The molecule has 0 aliphatic carbocycles. The summed E-state index contributed by atoms with van der Waals surface area (Å²) in [6, 6.07) is 8.22. The summed E-state index contributed by atoms with van der Waals surface area (Å²) in [5.41, 5.74) is 2.39. The quantitative estimate of drug-likeness (QED) is 0.879. The fraction of sp³-hybridized carbons (Fsp3) is 0.400. The third-order valence-electron chi connectivity index (χ3n) is 3.67. The zero-order valence-corrected chi connectivity index (χ0v) is 10.8. The molecule has 19 heavy (non-hydrogen) atoms. The lowest BCUT2D eigenvalue weighted by molar-refractivity contribution is -0.124. The van der Waals surface area contributed by atoms with Crippen LogP contribution in [0.4, 0.5) is 0 Å². The Morgan fingerprint density at radius 3 is 3.16 bits per heavy atom. The molecule has 2 N–H and O–H groups in total. The molecule has 3 rings (SSSR count). The van der Waals surface area contributed by atoms with Crippen molar-refractivity contribution in [3.63, 3.8) is 0 Å². The van der Waals surface area contributed by atoms with E-state index in [0.29, 0.717) is 19.8 Å². The van der Waals surface area contributed by atoms with Gasteiger partial charge in [-0.1, -0.05) is 18.2 Å². The number of ether oxygens (including phenoxy) is 1. The van der Waals surface area contributed by atoms with Gasteiger partial charge in [-0.15, -0.1) is 0 Å². The van der Waals surface area contributed by atoms with Crippen molar-refractivity contribution in [3.05, 3.63) is 36.0 Å². The first-order valence-corrected chi connectivity index (χ1v) is 6.75. The lowest BCUT2D eigenvalue weighted by Gasteiger charge is -2.08. The topological polar surface area (TPSA) is 54.1 Å². The highest BCUT2D eigenvalue weighted by Gasteiger charge is 2.22. The molecular weight excluding hydrogens is 240 g/mol. The van der Waals surface area contributed by atoms with Crippen LogP contribution < -0.4 is 5.32 Å². The molecule has 1 amide bonds. The van der Waals surface area contributed by atoms with Gasteiger partial charge in [0, 0.05) is 30.3 Å². The Bertz CT molecular complexity index is 570. The largest absolute Gasteiger partial charge is 0.381 e. The first kappa shape index (κ1) is 12.2. The lowest BCUT2D eigenvalue weighted by atomic mass is 10.1. The number of rotatable bonds is 4. The van der Waals surface area contributed by atoms with Crippen LogP contribution in [-0.2, 0) is 16.0 Å². The summed E-state index contributed by atoms with van der Waals surface area (Å²) in [6.07, 6.45) is 3.72. The van der Waals surface area contributed by atoms with E-state index in [0.717, 1.165) is 18.4 Å². The average Bonchev–Trinajstić information content (AvgIpc) is 3.08. The molecular formula is C15H18N2O2. The number of fused-ring (bicyclic) bond motifs is 1. The van der Waals surface area contributed by atoms with Crippen molar-refractivity contribution in [2.24, 2.45) is 5.92 Å². The molecule has 2 aromatic rings. The second-order valence-corrected chi connectivity index (χ2v) is 4.96. The molecule has 4 heteroatoms. The highest BCUT2D eigenvalue weighted by atomic mass is 16.5. The van der Waals surface area contributed by atoms with Crippen LogP contribution in [0.15, 0.2) is 30.5 Å². The lowest BCUT2D eigenvalue weighted by Crippen LogP contribution is -2.32. The standard InChI is InChI=1S/C15H18N2O2/c18-15(12-6-8-19-10-12)16-7-5-11-9-17-14-4-2-1-3-13(11)14/h1-4,9,12,17H,5-8,10H2,(H,16,18). The van der Waals surface area contributed by atoms with E-state index in [1.807, 2.05) is 18.3 Å². The number of amides is 1. The van der Waals surface area contributed by atoms with Crippen molar-refractivity contribution in [3.8, 4) is 0 Å². The number of benzene rings is 1. The molecule has 1 atom stereocenters. The monoisotopic (exact) mass is 258 g/mol. The number of hydrogen-bond acceptors (Lipinski definition) is 2. The Hall–Kier alpha value is -1.81. The highest BCUT2D eigenvalue weighted by molar-refractivity contribution is 5.83. The molecule has 0 radical (unpaired) electrons. The number of aromatic nitrogens is 1. The highest BCUT2D eigenvalue weighted by Crippen LogP contribution is 2.18. The van der Waals surface area contributed by atoms with Crippen LogP contribution in [0.2, 0.25) is 0 Å². The molecule has 1 unspecified atom stereocenters. The molecule has 2 heterocycles. The number of aromatic amines is 1. The summed E-state index contributed by atoms with van der Waals surface area (Å²) < 4.78 is 5.22. The number of carbonyl (C=O) groups excluding carboxylic acids is 1. The first-order chi connectivity index (χ1) is 9.34. The van der Waals surface area contributed by atoms with E-state index in [1.54, 1.807) is 0 Å². The van der Waals surface area contributed by atoms with Gasteiger partial charge in [-0.05, 0) is 24.5 Å². The summed E-state index contributed by atoms with van der Waals surface area (Å²) in [5, 5.41) is 4.23. The second-order valence-electron chi connectivity index (χ2n) is 4.96. The smallest absolute Gasteiger partial charge is 0.225 e. The molecule has 0 spiro atoms. The van der Waals surface area contributed by atoms with Gasteiger partial charge in [-0.25, -0.2) is 0 Å². The molecule has 1 aromatic carbocycles. The number of H-pyrrole nitrogens is 1. The summed E-state index contributed by atoms with van der Waals surface area (Å²) in [5.74, 6) is 0.167. The van der Waals surface area contributed by atoms with Crippen LogP contribution in [-0.4, -0.2) is 30.6 Å². The Labute approximate surface area is 112 Å². The molecule has 1 aromatic heterocycles. The molecule has 4 nitrogen and oxygen atoms in total. The van der Waals surface area contributed by atoms with E-state index in [4.69, 9.17) is 4.74 Å². The normalized spacial score (nSPS) is 18.8. The number of nitrogens with one attached hydrogen (secondary N) is 2. The van der Waals surface area contributed by atoms with E-state index >= 15 is 0 Å². The minimum atomic E-state index is 0.0444. The van der Waals surface area contributed by atoms with Crippen LogP contribution in [0.1, 0.15) is 12.0 Å². The van der Waals surface area contributed by atoms with Crippen LogP contribution in [0.3, 0.4) is 0 Å². The van der Waals surface area contributed by atoms with Crippen molar-refractivity contribution in [2.45, 2.75) is 12.8 Å². The van der Waals surface area contributed by atoms with Crippen molar-refractivity contribution in [2.75, 3.05) is 19.8 Å². The molecule has 0 saturated carbocycles. The third-order valence-corrected chi connectivity index (χ3v) is 3.67. The molecule has 1 saturated heterocycles. The maximum Gasteiger partial charge on any atom is 0.225 e. The van der Waals surface area contributed by atoms with Gasteiger partial charge in [-0.2, -0.15) is 0 Å². The van der Waals surface area contributed by atoms with Crippen LogP contribution >= 0.6 is 0 Å². The molecule has 1 aliphatic rings. The van der Waals surface area contributed by atoms with E-state index in [9.17, 15) is 4.79 Å². The van der Waals surface area contributed by atoms with Gasteiger partial charge in [-0.3, -0.25) is 4.79 Å². The number of para-hydroxylation sites is 1. The van der Waals surface area contributed by atoms with E-state index in [-0.39, 0.29) is 11.8 Å². The van der Waals surface area contributed by atoms with E-state index in [2.05, 4.69) is 22.4 Å². The molecule has 0 bridgehead atoms. The summed E-state index contributed by atoms with van der Waals surface area (Å²) in [7, 11) is 0. The number of carbonyl (C=O) groups is 1. The second kappa shape index (κ2) is 5.45. The van der Waals surface area contributed by atoms with Gasteiger partial charge < -0.3 is 15.0 Å².